The minimum absolute atomic E-state index is 0.0606. The first kappa shape index (κ1) is 24.5. The van der Waals surface area contributed by atoms with Gasteiger partial charge >= 0.3 is 17.3 Å². The maximum absolute atomic E-state index is 13.2. The summed E-state index contributed by atoms with van der Waals surface area (Å²) in [6.45, 7) is 1.72. The zero-order valence-electron chi connectivity index (χ0n) is 19.6. The van der Waals surface area contributed by atoms with Crippen LogP contribution in [-0.4, -0.2) is 17.5 Å². The van der Waals surface area contributed by atoms with Crippen molar-refractivity contribution in [1.82, 2.24) is 0 Å². The zero-order valence-corrected chi connectivity index (χ0v) is 20.4. The third-order valence-electron chi connectivity index (χ3n) is 5.78. The minimum atomic E-state index is -1.19. The van der Waals surface area contributed by atoms with E-state index in [1.807, 2.05) is 6.07 Å². The number of carbonyl (C=O) groups excluding carboxylic acids is 1. The number of nitrogens with zero attached hydrogens (tertiary/aromatic N) is 2. The molecule has 1 atom stereocenters. The predicted molar refractivity (Wildman–Crippen MR) is 135 cm³/mol. The Hall–Kier alpha value is -5.15. The molecule has 2 aromatic heterocycles. The number of nitro groups is 1. The molecule has 2 N–H and O–H groups in total. The molecule has 0 radical (unpaired) electrons. The van der Waals surface area contributed by atoms with Crippen LogP contribution in [0.25, 0.3) is 11.0 Å². The van der Waals surface area contributed by atoms with Gasteiger partial charge in [-0.05, 0) is 42.1 Å². The zero-order chi connectivity index (χ0) is 27.0. The smallest absolute Gasteiger partial charge is 0.354 e. The van der Waals surface area contributed by atoms with E-state index in [0.717, 1.165) is 17.4 Å². The summed E-state index contributed by atoms with van der Waals surface area (Å²) in [7, 11) is 0. The van der Waals surface area contributed by atoms with Crippen molar-refractivity contribution in [2.45, 2.75) is 12.8 Å². The topological polar surface area (TPSA) is 168 Å². The van der Waals surface area contributed by atoms with E-state index in [2.05, 4.69) is 0 Å². The molecule has 1 aliphatic rings. The second kappa shape index (κ2) is 9.72. The van der Waals surface area contributed by atoms with Crippen molar-refractivity contribution in [3.05, 3.63) is 102 Å². The fourth-order valence-corrected chi connectivity index (χ4v) is 4.81. The predicted octanol–water partition coefficient (Wildman–Crippen LogP) is 4.60. The lowest BCUT2D eigenvalue weighted by atomic mass is 9.83. The highest BCUT2D eigenvalue weighted by Gasteiger charge is 2.38. The largest absolute Gasteiger partial charge is 0.490 e. The van der Waals surface area contributed by atoms with E-state index in [0.29, 0.717) is 5.39 Å². The van der Waals surface area contributed by atoms with Gasteiger partial charge in [0.25, 0.3) is 0 Å². The van der Waals surface area contributed by atoms with E-state index in [1.165, 1.54) is 12.1 Å². The van der Waals surface area contributed by atoms with E-state index in [-0.39, 0.29) is 51.1 Å². The van der Waals surface area contributed by atoms with Crippen LogP contribution in [0.3, 0.4) is 0 Å². The molecule has 1 aliphatic heterocycles. The lowest BCUT2D eigenvalue weighted by molar-refractivity contribution is -0.385. The fraction of sp³-hybridized carbons (Fsp3) is 0.115. The van der Waals surface area contributed by atoms with Crippen LogP contribution in [0.1, 0.15) is 33.6 Å². The van der Waals surface area contributed by atoms with E-state index in [1.54, 1.807) is 42.6 Å². The number of thiophene rings is 1. The number of rotatable bonds is 6. The Kier molecular flexibility index (Phi) is 6.28. The molecule has 11 nitrogen and oxygen atoms in total. The molecule has 0 unspecified atom stereocenters. The molecule has 5 rings (SSSR count). The molecule has 2 aromatic carbocycles. The highest BCUT2D eigenvalue weighted by molar-refractivity contribution is 7.12. The van der Waals surface area contributed by atoms with Gasteiger partial charge in [0.05, 0.1) is 28.4 Å². The van der Waals surface area contributed by atoms with Crippen LogP contribution in [0.2, 0.25) is 0 Å². The van der Waals surface area contributed by atoms with Gasteiger partial charge in [-0.15, -0.1) is 11.3 Å². The molecular weight excluding hydrogens is 514 g/mol. The highest BCUT2D eigenvalue weighted by Crippen LogP contribution is 2.47. The molecule has 0 saturated carbocycles. The first-order chi connectivity index (χ1) is 18.3. The number of benzene rings is 2. The minimum Gasteiger partial charge on any atom is -0.490 e. The van der Waals surface area contributed by atoms with Crippen LogP contribution < -0.4 is 25.6 Å². The normalized spacial score (nSPS) is 14.4. The molecule has 0 spiro atoms. The number of nitriles is 1. The molecule has 12 heteroatoms. The Labute approximate surface area is 218 Å². The van der Waals surface area contributed by atoms with Gasteiger partial charge in [0.15, 0.2) is 11.5 Å². The van der Waals surface area contributed by atoms with Gasteiger partial charge in [0.2, 0.25) is 11.6 Å². The lowest BCUT2D eigenvalue weighted by Crippen LogP contribution is -2.26. The third kappa shape index (κ3) is 4.10. The van der Waals surface area contributed by atoms with Crippen molar-refractivity contribution in [2.24, 2.45) is 5.73 Å². The van der Waals surface area contributed by atoms with E-state index < -0.39 is 33.9 Å². The number of fused-ring (bicyclic) bond motifs is 3. The Bertz CT molecular complexity index is 1730. The van der Waals surface area contributed by atoms with Gasteiger partial charge in [-0.1, -0.05) is 18.2 Å². The Balaban J connectivity index is 1.75. The van der Waals surface area contributed by atoms with E-state index in [4.69, 9.17) is 24.4 Å². The molecular formula is C26H17N3O8S. The average Bonchev–Trinajstić information content (AvgIpc) is 3.44. The number of para-hydroxylation sites is 1. The van der Waals surface area contributed by atoms with Crippen molar-refractivity contribution >= 4 is 34.0 Å². The number of nitro benzene ring substituents is 1. The molecule has 190 valence electrons. The summed E-state index contributed by atoms with van der Waals surface area (Å²) in [5.41, 5.74) is 4.81. The number of esters is 1. The van der Waals surface area contributed by atoms with E-state index in [9.17, 15) is 25.0 Å². The number of hydrogen-bond donors (Lipinski definition) is 1. The molecule has 0 fully saturated rings. The van der Waals surface area contributed by atoms with Gasteiger partial charge in [-0.25, -0.2) is 9.59 Å². The number of allylic oxidation sites excluding steroid dienone is 1. The van der Waals surface area contributed by atoms with Crippen molar-refractivity contribution in [1.29, 1.82) is 5.26 Å². The Morgan fingerprint density at radius 3 is 2.74 bits per heavy atom. The van der Waals surface area contributed by atoms with Crippen molar-refractivity contribution in [3.63, 3.8) is 0 Å². The number of nitrogens with two attached hydrogens (primary N) is 1. The summed E-state index contributed by atoms with van der Waals surface area (Å²) in [6.07, 6.45) is 0. The SMILES string of the molecule is CCOc1cc([C@@H]2C(C#N)=C(N)Oc3c2c(=O)oc2ccccc32)cc([N+](=O)[O-])c1OC(=O)c1cccs1. The number of ether oxygens (including phenoxy) is 3. The monoisotopic (exact) mass is 531 g/mol. The summed E-state index contributed by atoms with van der Waals surface area (Å²) in [4.78, 5) is 37.4. The van der Waals surface area contributed by atoms with Gasteiger partial charge in [0, 0.05) is 6.07 Å². The summed E-state index contributed by atoms with van der Waals surface area (Å²) in [6, 6.07) is 14.2. The fourth-order valence-electron chi connectivity index (χ4n) is 4.21. The first-order valence-corrected chi connectivity index (χ1v) is 12.1. The molecule has 0 aliphatic carbocycles. The Morgan fingerprint density at radius 1 is 1.26 bits per heavy atom. The van der Waals surface area contributed by atoms with Crippen LogP contribution in [0, 0.1) is 21.4 Å². The van der Waals surface area contributed by atoms with Gasteiger partial charge in [-0.3, -0.25) is 10.1 Å². The van der Waals surface area contributed by atoms with Crippen molar-refractivity contribution < 1.29 is 28.3 Å². The highest BCUT2D eigenvalue weighted by atomic mass is 32.1. The third-order valence-corrected chi connectivity index (χ3v) is 6.63. The van der Waals surface area contributed by atoms with Crippen LogP contribution in [-0.2, 0) is 0 Å². The Morgan fingerprint density at radius 2 is 2.05 bits per heavy atom. The summed E-state index contributed by atoms with van der Waals surface area (Å²) in [5, 5.41) is 24.1. The van der Waals surface area contributed by atoms with Crippen LogP contribution in [0.5, 0.6) is 17.2 Å². The van der Waals surface area contributed by atoms with Crippen molar-refractivity contribution in [3.8, 4) is 23.3 Å². The summed E-state index contributed by atoms with van der Waals surface area (Å²) >= 11 is 1.11. The second-order valence-corrected chi connectivity index (χ2v) is 8.93. The molecule has 0 bridgehead atoms. The standard InChI is InChI=1S/C26H17N3O8S/c1-2-34-18-11-13(10-16(29(32)33)23(18)37-25(30)19-8-5-9-38-19)20-15(12-27)24(28)36-22-14-6-3-4-7-17(14)35-26(31)21(20)22/h3-11,20H,2,28H2,1H3/t20-/m1/s1. The number of hydrogen-bond acceptors (Lipinski definition) is 11. The summed E-state index contributed by atoms with van der Waals surface area (Å²) < 4.78 is 22.2. The quantitative estimate of drug-likeness (QED) is 0.122. The summed E-state index contributed by atoms with van der Waals surface area (Å²) in [5.74, 6) is -2.73. The van der Waals surface area contributed by atoms with Crippen LogP contribution in [0.15, 0.2) is 74.6 Å². The maximum Gasteiger partial charge on any atom is 0.354 e. The first-order valence-electron chi connectivity index (χ1n) is 11.2. The van der Waals surface area contributed by atoms with Gasteiger partial charge in [-0.2, -0.15) is 5.26 Å². The average molecular weight is 532 g/mol. The number of carbonyl (C=O) groups is 1. The lowest BCUT2D eigenvalue weighted by Gasteiger charge is -2.26. The molecule has 3 heterocycles. The van der Waals surface area contributed by atoms with Crippen molar-refractivity contribution in [2.75, 3.05) is 6.61 Å². The van der Waals surface area contributed by atoms with Gasteiger partial charge in [0.1, 0.15) is 22.1 Å². The molecule has 0 saturated heterocycles. The van der Waals surface area contributed by atoms with Crippen LogP contribution in [0.4, 0.5) is 5.69 Å². The maximum atomic E-state index is 13.2. The molecule has 4 aromatic rings. The molecule has 0 amide bonds. The van der Waals surface area contributed by atoms with Gasteiger partial charge < -0.3 is 24.4 Å². The second-order valence-electron chi connectivity index (χ2n) is 7.98. The molecule has 38 heavy (non-hydrogen) atoms. The van der Waals surface area contributed by atoms with Crippen LogP contribution >= 0.6 is 11.3 Å². The van der Waals surface area contributed by atoms with E-state index >= 15 is 0 Å².